The van der Waals surface area contributed by atoms with Crippen LogP contribution in [0, 0.1) is 11.7 Å². The van der Waals surface area contributed by atoms with Crippen LogP contribution in [0.1, 0.15) is 25.0 Å². The molecule has 0 radical (unpaired) electrons. The first-order valence-electron chi connectivity index (χ1n) is 12.9. The van der Waals surface area contributed by atoms with Crippen molar-refractivity contribution in [3.63, 3.8) is 0 Å². The molecule has 0 saturated carbocycles. The summed E-state index contributed by atoms with van der Waals surface area (Å²) in [4.78, 5) is 27.2. The Balaban J connectivity index is 1.13. The van der Waals surface area contributed by atoms with Crippen molar-refractivity contribution in [3.8, 4) is 11.3 Å². The fourth-order valence-electron chi connectivity index (χ4n) is 5.44. The molecule has 0 atom stereocenters. The van der Waals surface area contributed by atoms with Crippen molar-refractivity contribution < 1.29 is 22.0 Å². The number of amides is 1. The number of halogens is 1. The highest BCUT2D eigenvalue weighted by Gasteiger charge is 2.35. The Labute approximate surface area is 224 Å². The number of fused-ring (bicyclic) bond motifs is 2. The van der Waals surface area contributed by atoms with E-state index in [2.05, 4.69) is 5.10 Å². The summed E-state index contributed by atoms with van der Waals surface area (Å²) in [5.74, 6) is -1.10. The van der Waals surface area contributed by atoms with Crippen molar-refractivity contribution in [1.29, 1.82) is 0 Å². The van der Waals surface area contributed by atoms with Crippen molar-refractivity contribution in [2.75, 3.05) is 19.6 Å². The number of carbonyl (C=O) groups excluding carboxylic acids is 1. The summed E-state index contributed by atoms with van der Waals surface area (Å²) in [5, 5.41) is 4.67. The van der Waals surface area contributed by atoms with Gasteiger partial charge in [0.05, 0.1) is 28.3 Å². The lowest BCUT2D eigenvalue weighted by molar-refractivity contribution is -0.137. The summed E-state index contributed by atoms with van der Waals surface area (Å²) in [5.41, 5.74) is 3.22. The lowest BCUT2D eigenvalue weighted by atomic mass is 9.96. The minimum atomic E-state index is -3.80. The van der Waals surface area contributed by atoms with Crippen molar-refractivity contribution in [1.82, 2.24) is 23.6 Å². The van der Waals surface area contributed by atoms with Gasteiger partial charge in [-0.3, -0.25) is 14.0 Å². The predicted molar refractivity (Wildman–Crippen MR) is 141 cm³/mol. The van der Waals surface area contributed by atoms with Gasteiger partial charge in [0.15, 0.2) is 5.58 Å². The van der Waals surface area contributed by atoms with E-state index in [1.807, 2.05) is 15.6 Å². The highest BCUT2D eigenvalue weighted by Crippen LogP contribution is 2.29. The minimum Gasteiger partial charge on any atom is -0.408 e. The van der Waals surface area contributed by atoms with Crippen molar-refractivity contribution in [2.24, 2.45) is 13.0 Å². The van der Waals surface area contributed by atoms with Gasteiger partial charge < -0.3 is 9.32 Å². The highest BCUT2D eigenvalue weighted by atomic mass is 32.2. The third-order valence-corrected chi connectivity index (χ3v) is 9.57. The molecule has 0 N–H and O–H groups in total. The van der Waals surface area contributed by atoms with Gasteiger partial charge in [0.1, 0.15) is 5.82 Å². The maximum Gasteiger partial charge on any atom is 0.419 e. The zero-order chi connectivity index (χ0) is 27.3. The molecule has 4 heterocycles. The largest absolute Gasteiger partial charge is 0.419 e. The molecule has 2 aliphatic rings. The average Bonchev–Trinajstić information content (AvgIpc) is 3.39. The Morgan fingerprint density at radius 1 is 1.03 bits per heavy atom. The Hall–Kier alpha value is -3.77. The smallest absolute Gasteiger partial charge is 0.408 e. The number of sulfonamides is 1. The Bertz CT molecular complexity index is 1720. The number of rotatable bonds is 4. The van der Waals surface area contributed by atoms with Gasteiger partial charge in [0.25, 0.3) is 0 Å². The lowest BCUT2D eigenvalue weighted by Crippen LogP contribution is -2.44. The van der Waals surface area contributed by atoms with Gasteiger partial charge in [-0.05, 0) is 61.7 Å². The van der Waals surface area contributed by atoms with Crippen LogP contribution < -0.4 is 5.76 Å². The number of piperidine rings is 1. The number of carbonyl (C=O) groups is 1. The van der Waals surface area contributed by atoms with E-state index in [1.165, 1.54) is 33.1 Å². The molecule has 1 fully saturated rings. The van der Waals surface area contributed by atoms with E-state index in [4.69, 9.17) is 4.42 Å². The molecule has 6 rings (SSSR count). The third-order valence-electron chi connectivity index (χ3n) is 7.67. The van der Waals surface area contributed by atoms with Gasteiger partial charge in [-0.2, -0.15) is 9.40 Å². The Morgan fingerprint density at radius 2 is 1.77 bits per heavy atom. The summed E-state index contributed by atoms with van der Waals surface area (Å²) in [6.07, 6.45) is 1.61. The van der Waals surface area contributed by atoms with E-state index in [1.54, 1.807) is 25.2 Å². The summed E-state index contributed by atoms with van der Waals surface area (Å²) >= 11 is 0. The number of aryl methyl sites for hydroxylation is 2. The average molecular weight is 554 g/mol. The van der Waals surface area contributed by atoms with E-state index in [-0.39, 0.29) is 41.2 Å². The maximum atomic E-state index is 13.5. The standard InChI is InChI=1S/C27H28FN5O5S/c1-30-24-8-7-22(16-25(24)38-27(30)35)39(36,37)32-13-9-19(10-14-32)26(34)31-11-2-12-33-21(17-31)15-23(29-33)18-3-5-20(28)6-4-18/h3-8,15-16,19H,2,9-14,17H2,1H3. The number of benzene rings is 2. The van der Waals surface area contributed by atoms with Crippen LogP contribution in [-0.4, -0.2) is 57.5 Å². The van der Waals surface area contributed by atoms with Crippen LogP contribution in [-0.2, 0) is 35.0 Å². The second-order valence-electron chi connectivity index (χ2n) is 10.1. The molecule has 0 spiro atoms. The summed E-state index contributed by atoms with van der Waals surface area (Å²) in [6, 6.07) is 12.6. The second-order valence-corrected chi connectivity index (χ2v) is 12.0. The first kappa shape index (κ1) is 25.5. The topological polar surface area (TPSA) is 111 Å². The maximum absolute atomic E-state index is 13.5. The number of aromatic nitrogens is 3. The number of nitrogens with zero attached hydrogens (tertiary/aromatic N) is 5. The van der Waals surface area contributed by atoms with Crippen LogP contribution in [0.2, 0.25) is 0 Å². The predicted octanol–water partition coefficient (Wildman–Crippen LogP) is 2.97. The van der Waals surface area contributed by atoms with Gasteiger partial charge in [-0.25, -0.2) is 17.6 Å². The molecule has 1 saturated heterocycles. The van der Waals surface area contributed by atoms with Crippen molar-refractivity contribution in [2.45, 2.75) is 37.2 Å². The van der Waals surface area contributed by atoms with E-state index >= 15 is 0 Å². The monoisotopic (exact) mass is 553 g/mol. The first-order chi connectivity index (χ1) is 18.7. The van der Waals surface area contributed by atoms with Crippen LogP contribution in [0.15, 0.2) is 62.6 Å². The van der Waals surface area contributed by atoms with Crippen molar-refractivity contribution >= 4 is 27.0 Å². The van der Waals surface area contributed by atoms with Crippen LogP contribution in [0.25, 0.3) is 22.4 Å². The SMILES string of the molecule is Cn1c(=O)oc2cc(S(=O)(=O)N3CCC(C(=O)N4CCCn5nc(-c6ccc(F)cc6)cc5C4)CC3)ccc21. The molecular formula is C27H28FN5O5S. The van der Waals surface area contributed by atoms with Crippen LogP contribution >= 0.6 is 0 Å². The Morgan fingerprint density at radius 3 is 2.51 bits per heavy atom. The molecule has 0 bridgehead atoms. The van der Waals surface area contributed by atoms with Crippen LogP contribution in [0.3, 0.4) is 0 Å². The molecule has 204 valence electrons. The minimum absolute atomic E-state index is 0.0255. The molecule has 2 aromatic heterocycles. The van der Waals surface area contributed by atoms with Crippen molar-refractivity contribution in [3.05, 3.63) is 70.6 Å². The molecule has 10 nitrogen and oxygen atoms in total. The van der Waals surface area contributed by atoms with Gasteiger partial charge >= 0.3 is 5.76 Å². The van der Waals surface area contributed by atoms with E-state index < -0.39 is 15.8 Å². The third kappa shape index (κ3) is 4.67. The van der Waals surface area contributed by atoms with E-state index in [9.17, 15) is 22.4 Å². The fourth-order valence-corrected chi connectivity index (χ4v) is 6.92. The van der Waals surface area contributed by atoms with Gasteiger partial charge in [-0.15, -0.1) is 0 Å². The zero-order valence-corrected chi connectivity index (χ0v) is 22.2. The Kier molecular flexibility index (Phi) is 6.38. The van der Waals surface area contributed by atoms with Gasteiger partial charge in [0.2, 0.25) is 15.9 Å². The molecule has 2 aromatic carbocycles. The number of hydrogen-bond donors (Lipinski definition) is 0. The van der Waals surface area contributed by atoms with Gasteiger partial charge in [-0.1, -0.05) is 0 Å². The highest BCUT2D eigenvalue weighted by molar-refractivity contribution is 7.89. The normalized spacial score (nSPS) is 17.3. The lowest BCUT2D eigenvalue weighted by Gasteiger charge is -2.33. The summed E-state index contributed by atoms with van der Waals surface area (Å²) in [6.45, 7) is 2.18. The molecule has 0 aliphatic carbocycles. The van der Waals surface area contributed by atoms with Gasteiger partial charge in [0, 0.05) is 50.8 Å². The molecule has 4 aromatic rings. The molecule has 12 heteroatoms. The fraction of sp³-hybridized carbons (Fsp3) is 0.370. The summed E-state index contributed by atoms with van der Waals surface area (Å²) in [7, 11) is -2.24. The number of hydrogen-bond acceptors (Lipinski definition) is 6. The zero-order valence-electron chi connectivity index (χ0n) is 21.4. The molecule has 0 unspecified atom stereocenters. The first-order valence-corrected chi connectivity index (χ1v) is 14.4. The molecule has 2 aliphatic heterocycles. The summed E-state index contributed by atoms with van der Waals surface area (Å²) < 4.78 is 49.7. The van der Waals surface area contributed by atoms with E-state index in [0.717, 1.165) is 23.4 Å². The molecular weight excluding hydrogens is 525 g/mol. The molecule has 39 heavy (non-hydrogen) atoms. The van der Waals surface area contributed by atoms with Crippen LogP contribution in [0.4, 0.5) is 4.39 Å². The number of oxazole rings is 1. The van der Waals surface area contributed by atoms with Crippen LogP contribution in [0.5, 0.6) is 0 Å². The second kappa shape index (κ2) is 9.76. The van der Waals surface area contributed by atoms with E-state index in [0.29, 0.717) is 38.0 Å². The molecule has 1 amide bonds. The quantitative estimate of drug-likeness (QED) is 0.384.